The van der Waals surface area contributed by atoms with Gasteiger partial charge in [0.2, 0.25) is 0 Å². The SMILES string of the molecule is COc1cc(OC)cc(OCCCOc2c(C)c(C)c(C(=O)Oc3c(C)c(C)c(C(=O)O)c(OC)c3C)c(OC)c2C)c1. The Balaban J connectivity index is 1.83. The standard InChI is InChI=1S/C33H40O10/c1-17-20(4)29(22(6)30(39-9)26(17)32(34)35)43-33(36)27-18(2)19(3)28(21(5)31(27)40-10)42-13-11-12-41-25-15-23(37-7)14-24(16-25)38-8/h14-16H,11-13H2,1-10H3,(H,34,35). The molecule has 0 atom stereocenters. The number of methoxy groups -OCH3 is 4. The number of carboxylic acids is 1. The van der Waals surface area contributed by atoms with Gasteiger partial charge in [-0.05, 0) is 63.8 Å². The van der Waals surface area contributed by atoms with Crippen molar-refractivity contribution in [2.75, 3.05) is 41.7 Å². The number of carboxylic acid groups (broad SMARTS) is 1. The zero-order valence-corrected chi connectivity index (χ0v) is 26.5. The summed E-state index contributed by atoms with van der Waals surface area (Å²) in [5, 5.41) is 9.72. The van der Waals surface area contributed by atoms with E-state index in [9.17, 15) is 14.7 Å². The molecule has 3 rings (SSSR count). The minimum atomic E-state index is -1.12. The summed E-state index contributed by atoms with van der Waals surface area (Å²) in [4.78, 5) is 25.5. The van der Waals surface area contributed by atoms with Crippen LogP contribution in [0.25, 0.3) is 0 Å². The van der Waals surface area contributed by atoms with Crippen LogP contribution in [0.15, 0.2) is 18.2 Å². The Morgan fingerprint density at radius 1 is 0.558 bits per heavy atom. The van der Waals surface area contributed by atoms with Crippen LogP contribution < -0.4 is 33.2 Å². The number of ether oxygens (including phenoxy) is 7. The van der Waals surface area contributed by atoms with Crippen LogP contribution in [0.3, 0.4) is 0 Å². The third kappa shape index (κ3) is 6.74. The Kier molecular flexibility index (Phi) is 10.7. The van der Waals surface area contributed by atoms with Crippen molar-refractivity contribution >= 4 is 11.9 Å². The molecular formula is C33H40O10. The number of esters is 1. The van der Waals surface area contributed by atoms with Crippen LogP contribution in [0.4, 0.5) is 0 Å². The smallest absolute Gasteiger partial charge is 0.347 e. The molecule has 10 heteroatoms. The van der Waals surface area contributed by atoms with Crippen molar-refractivity contribution in [2.24, 2.45) is 0 Å². The molecule has 0 saturated heterocycles. The first kappa shape index (κ1) is 32.9. The van der Waals surface area contributed by atoms with Crippen molar-refractivity contribution in [2.45, 2.75) is 48.0 Å². The van der Waals surface area contributed by atoms with E-state index < -0.39 is 11.9 Å². The number of hydrogen-bond acceptors (Lipinski definition) is 9. The van der Waals surface area contributed by atoms with E-state index in [0.29, 0.717) is 76.2 Å². The maximum absolute atomic E-state index is 13.7. The Hall–Kier alpha value is -4.60. The summed E-state index contributed by atoms with van der Waals surface area (Å²) in [5.74, 6) is 1.48. The van der Waals surface area contributed by atoms with E-state index in [1.807, 2.05) is 13.8 Å². The van der Waals surface area contributed by atoms with E-state index >= 15 is 0 Å². The summed E-state index contributed by atoms with van der Waals surface area (Å²) in [6.07, 6.45) is 0.593. The van der Waals surface area contributed by atoms with Crippen LogP contribution in [-0.4, -0.2) is 58.7 Å². The number of hydrogen-bond donors (Lipinski definition) is 1. The first-order valence-corrected chi connectivity index (χ1v) is 13.7. The second-order valence-electron chi connectivity index (χ2n) is 10.0. The van der Waals surface area contributed by atoms with Gasteiger partial charge in [-0.15, -0.1) is 0 Å². The van der Waals surface area contributed by atoms with Gasteiger partial charge in [-0.3, -0.25) is 0 Å². The monoisotopic (exact) mass is 596 g/mol. The molecule has 0 bridgehead atoms. The van der Waals surface area contributed by atoms with E-state index in [1.165, 1.54) is 14.2 Å². The normalized spacial score (nSPS) is 10.7. The van der Waals surface area contributed by atoms with Gasteiger partial charge < -0.3 is 38.3 Å². The molecule has 0 saturated carbocycles. The molecule has 0 spiro atoms. The molecule has 1 N–H and O–H groups in total. The highest BCUT2D eigenvalue weighted by Gasteiger charge is 2.29. The lowest BCUT2D eigenvalue weighted by Crippen LogP contribution is -2.17. The molecule has 0 fully saturated rings. The van der Waals surface area contributed by atoms with Gasteiger partial charge in [-0.2, -0.15) is 0 Å². The van der Waals surface area contributed by atoms with Crippen molar-refractivity contribution in [1.82, 2.24) is 0 Å². The van der Waals surface area contributed by atoms with E-state index in [1.54, 1.807) is 60.1 Å². The van der Waals surface area contributed by atoms with E-state index in [0.717, 1.165) is 5.56 Å². The fraction of sp³-hybridized carbons (Fsp3) is 0.394. The van der Waals surface area contributed by atoms with Crippen molar-refractivity contribution in [1.29, 1.82) is 0 Å². The maximum atomic E-state index is 13.7. The minimum absolute atomic E-state index is 0.0351. The minimum Gasteiger partial charge on any atom is -0.496 e. The quantitative estimate of drug-likeness (QED) is 0.136. The van der Waals surface area contributed by atoms with Crippen molar-refractivity contribution < 1.29 is 47.9 Å². The van der Waals surface area contributed by atoms with Gasteiger partial charge in [-0.25, -0.2) is 9.59 Å². The highest BCUT2D eigenvalue weighted by atomic mass is 16.5. The average Bonchev–Trinajstić information content (AvgIpc) is 2.99. The molecule has 0 aromatic heterocycles. The fourth-order valence-electron chi connectivity index (χ4n) is 5.01. The predicted octanol–water partition coefficient (Wildman–Crippen LogP) is 6.34. The van der Waals surface area contributed by atoms with Crippen LogP contribution >= 0.6 is 0 Å². The molecule has 0 radical (unpaired) electrons. The lowest BCUT2D eigenvalue weighted by molar-refractivity contribution is 0.0692. The molecule has 0 amide bonds. The lowest BCUT2D eigenvalue weighted by atomic mass is 9.96. The molecule has 43 heavy (non-hydrogen) atoms. The third-order valence-corrected chi connectivity index (χ3v) is 7.52. The number of carbonyl (C=O) groups excluding carboxylic acids is 1. The summed E-state index contributed by atoms with van der Waals surface area (Å²) in [5.41, 5.74) is 3.76. The molecule has 0 aliphatic rings. The molecule has 0 heterocycles. The lowest BCUT2D eigenvalue weighted by Gasteiger charge is -2.22. The largest absolute Gasteiger partial charge is 0.496 e. The zero-order valence-electron chi connectivity index (χ0n) is 26.5. The Labute approximate surface area is 252 Å². The second-order valence-corrected chi connectivity index (χ2v) is 10.0. The van der Waals surface area contributed by atoms with Crippen molar-refractivity contribution in [3.05, 3.63) is 62.7 Å². The van der Waals surface area contributed by atoms with Crippen LogP contribution in [0.1, 0.15) is 60.5 Å². The Morgan fingerprint density at radius 2 is 1.02 bits per heavy atom. The molecular weight excluding hydrogens is 556 g/mol. The number of benzene rings is 3. The summed E-state index contributed by atoms with van der Waals surface area (Å²) in [7, 11) is 6.03. The number of carbonyl (C=O) groups is 2. The summed E-state index contributed by atoms with van der Waals surface area (Å²) >= 11 is 0. The van der Waals surface area contributed by atoms with Crippen LogP contribution in [-0.2, 0) is 0 Å². The molecule has 10 nitrogen and oxygen atoms in total. The van der Waals surface area contributed by atoms with Gasteiger partial charge in [0.05, 0.1) is 41.7 Å². The fourth-order valence-corrected chi connectivity index (χ4v) is 5.01. The zero-order chi connectivity index (χ0) is 32.0. The second kappa shape index (κ2) is 14.0. The average molecular weight is 597 g/mol. The summed E-state index contributed by atoms with van der Waals surface area (Å²) < 4.78 is 39.6. The van der Waals surface area contributed by atoms with Gasteiger partial charge >= 0.3 is 11.9 Å². The Bertz CT molecular complexity index is 1500. The van der Waals surface area contributed by atoms with E-state index in [4.69, 9.17) is 33.2 Å². The molecule has 3 aromatic carbocycles. The van der Waals surface area contributed by atoms with Gasteiger partial charge in [0.25, 0.3) is 0 Å². The molecule has 232 valence electrons. The first-order chi connectivity index (χ1) is 20.4. The number of aromatic carboxylic acids is 1. The van der Waals surface area contributed by atoms with Crippen molar-refractivity contribution in [3.8, 4) is 40.2 Å². The summed E-state index contributed by atoms with van der Waals surface area (Å²) in [6, 6.07) is 5.33. The van der Waals surface area contributed by atoms with Crippen molar-refractivity contribution in [3.63, 3.8) is 0 Å². The van der Waals surface area contributed by atoms with Gasteiger partial charge in [0.15, 0.2) is 0 Å². The molecule has 3 aromatic rings. The van der Waals surface area contributed by atoms with E-state index in [2.05, 4.69) is 0 Å². The molecule has 0 aliphatic heterocycles. The van der Waals surface area contributed by atoms with Crippen LogP contribution in [0.2, 0.25) is 0 Å². The highest BCUT2D eigenvalue weighted by molar-refractivity contribution is 5.98. The predicted molar refractivity (Wildman–Crippen MR) is 161 cm³/mol. The topological polar surface area (TPSA) is 119 Å². The number of rotatable bonds is 13. The third-order valence-electron chi connectivity index (χ3n) is 7.52. The molecule has 0 aliphatic carbocycles. The summed E-state index contributed by atoms with van der Waals surface area (Å²) in [6.45, 7) is 11.3. The van der Waals surface area contributed by atoms with E-state index in [-0.39, 0.29) is 22.6 Å². The van der Waals surface area contributed by atoms with Crippen LogP contribution in [0.5, 0.6) is 40.2 Å². The van der Waals surface area contributed by atoms with Crippen LogP contribution in [0, 0.1) is 41.5 Å². The Morgan fingerprint density at radius 3 is 1.56 bits per heavy atom. The first-order valence-electron chi connectivity index (χ1n) is 13.7. The highest BCUT2D eigenvalue weighted by Crippen LogP contribution is 2.41. The molecule has 0 unspecified atom stereocenters. The van der Waals surface area contributed by atoms with Gasteiger partial charge in [-0.1, -0.05) is 0 Å². The van der Waals surface area contributed by atoms with Gasteiger partial charge in [0.1, 0.15) is 51.4 Å². The maximum Gasteiger partial charge on any atom is 0.347 e. The van der Waals surface area contributed by atoms with Gasteiger partial charge in [0, 0.05) is 35.7 Å².